The number of nitrogens with zero attached hydrogens (tertiary/aromatic N) is 2. The lowest BCUT2D eigenvalue weighted by Gasteiger charge is -2.12. The second-order valence-electron chi connectivity index (χ2n) is 5.42. The molecular weight excluding hydrogens is 296 g/mol. The van der Waals surface area contributed by atoms with Gasteiger partial charge in [0.05, 0.1) is 11.8 Å². The van der Waals surface area contributed by atoms with Crippen molar-refractivity contribution in [1.82, 2.24) is 20.5 Å². The molecule has 7 nitrogen and oxygen atoms in total. The highest BCUT2D eigenvalue weighted by Crippen LogP contribution is 2.14. The van der Waals surface area contributed by atoms with Gasteiger partial charge in [-0.15, -0.1) is 0 Å². The molecule has 2 N–H and O–H groups in total. The van der Waals surface area contributed by atoms with E-state index in [9.17, 15) is 9.59 Å². The molecule has 0 bridgehead atoms. The second kappa shape index (κ2) is 6.04. The number of aryl methyl sites for hydroxylation is 1. The highest BCUT2D eigenvalue weighted by molar-refractivity contribution is 5.98. The number of hydrogen-bond acceptors (Lipinski definition) is 5. The van der Waals surface area contributed by atoms with Gasteiger partial charge in [0, 0.05) is 29.7 Å². The van der Waals surface area contributed by atoms with Gasteiger partial charge in [-0.2, -0.15) is 5.10 Å². The summed E-state index contributed by atoms with van der Waals surface area (Å²) in [6, 6.07) is 4.68. The molecule has 23 heavy (non-hydrogen) atoms. The lowest BCUT2D eigenvalue weighted by atomic mass is 10.1. The molecule has 0 spiro atoms. The number of nitrogens with one attached hydrogen (secondary N) is 2. The van der Waals surface area contributed by atoms with Crippen LogP contribution in [0, 0.1) is 6.92 Å². The quantitative estimate of drug-likeness (QED) is 0.704. The number of pyridine rings is 1. The third kappa shape index (κ3) is 3.13. The van der Waals surface area contributed by atoms with Crippen molar-refractivity contribution in [3.05, 3.63) is 47.7 Å². The summed E-state index contributed by atoms with van der Waals surface area (Å²) in [6.45, 7) is 3.64. The third-order valence-electron chi connectivity index (χ3n) is 3.53. The normalized spacial score (nSPS) is 12.3. The minimum Gasteiger partial charge on any atom is -0.461 e. The molecule has 3 aromatic heterocycles. The van der Waals surface area contributed by atoms with Crippen LogP contribution in [0.5, 0.6) is 0 Å². The molecule has 0 aliphatic rings. The van der Waals surface area contributed by atoms with E-state index < -0.39 is 0 Å². The van der Waals surface area contributed by atoms with Crippen LogP contribution < -0.4 is 5.32 Å². The maximum atomic E-state index is 12.3. The molecule has 0 saturated heterocycles. The molecule has 3 heterocycles. The zero-order valence-electron chi connectivity index (χ0n) is 12.8. The van der Waals surface area contributed by atoms with Gasteiger partial charge in [0.25, 0.3) is 5.91 Å². The summed E-state index contributed by atoms with van der Waals surface area (Å²) in [5, 5.41) is 10.4. The van der Waals surface area contributed by atoms with Crippen LogP contribution in [0.25, 0.3) is 11.0 Å². The Morgan fingerprint density at radius 1 is 1.43 bits per heavy atom. The molecule has 0 aliphatic carbocycles. The third-order valence-corrected chi connectivity index (χ3v) is 3.53. The van der Waals surface area contributed by atoms with Crippen LogP contribution in [0.4, 0.5) is 0 Å². The van der Waals surface area contributed by atoms with Gasteiger partial charge in [0.1, 0.15) is 0 Å². The van der Waals surface area contributed by atoms with Gasteiger partial charge >= 0.3 is 0 Å². The number of carbonyl (C=O) groups is 2. The summed E-state index contributed by atoms with van der Waals surface area (Å²) < 4.78 is 5.06. The van der Waals surface area contributed by atoms with Crippen LogP contribution in [-0.2, 0) is 0 Å². The Labute approximate surface area is 132 Å². The van der Waals surface area contributed by atoms with Crippen LogP contribution in [0.3, 0.4) is 0 Å². The van der Waals surface area contributed by atoms with Crippen LogP contribution >= 0.6 is 0 Å². The van der Waals surface area contributed by atoms with Crippen LogP contribution in [0.15, 0.2) is 35.1 Å². The highest BCUT2D eigenvalue weighted by atomic mass is 16.3. The highest BCUT2D eigenvalue weighted by Gasteiger charge is 2.17. The topological polar surface area (TPSA) is 101 Å². The van der Waals surface area contributed by atoms with Gasteiger partial charge in [-0.1, -0.05) is 0 Å². The number of aromatic nitrogens is 3. The Morgan fingerprint density at radius 2 is 2.26 bits per heavy atom. The van der Waals surface area contributed by atoms with E-state index in [0.29, 0.717) is 17.0 Å². The average Bonchev–Trinajstić information content (AvgIpc) is 3.17. The monoisotopic (exact) mass is 312 g/mol. The van der Waals surface area contributed by atoms with E-state index in [1.165, 1.54) is 12.5 Å². The number of H-pyrrole nitrogens is 1. The number of rotatable bonds is 5. The molecule has 0 radical (unpaired) electrons. The summed E-state index contributed by atoms with van der Waals surface area (Å²) in [5.41, 5.74) is 1.85. The van der Waals surface area contributed by atoms with Crippen molar-refractivity contribution >= 4 is 22.7 Å². The van der Waals surface area contributed by atoms with Crippen molar-refractivity contribution in [2.45, 2.75) is 26.3 Å². The van der Waals surface area contributed by atoms with E-state index in [2.05, 4.69) is 20.5 Å². The second-order valence-corrected chi connectivity index (χ2v) is 5.42. The maximum absolute atomic E-state index is 12.3. The molecule has 0 saturated carbocycles. The Kier molecular flexibility index (Phi) is 3.92. The Morgan fingerprint density at radius 3 is 3.00 bits per heavy atom. The molecule has 3 rings (SSSR count). The summed E-state index contributed by atoms with van der Waals surface area (Å²) in [4.78, 5) is 28.4. The largest absolute Gasteiger partial charge is 0.461 e. The number of amides is 1. The van der Waals surface area contributed by atoms with Crippen molar-refractivity contribution < 1.29 is 14.0 Å². The van der Waals surface area contributed by atoms with Crippen molar-refractivity contribution in [1.29, 1.82) is 0 Å². The molecule has 0 fully saturated rings. The zero-order chi connectivity index (χ0) is 16.4. The molecule has 0 aromatic carbocycles. The molecule has 0 aliphatic heterocycles. The fourth-order valence-electron chi connectivity index (χ4n) is 2.32. The van der Waals surface area contributed by atoms with E-state index in [-0.39, 0.29) is 24.2 Å². The summed E-state index contributed by atoms with van der Waals surface area (Å²) in [5.74, 6) is -0.134. The lowest BCUT2D eigenvalue weighted by molar-refractivity contribution is 0.0907. The smallest absolute Gasteiger partial charge is 0.253 e. The predicted octanol–water partition coefficient (Wildman–Crippen LogP) is 2.25. The summed E-state index contributed by atoms with van der Waals surface area (Å²) in [7, 11) is 0. The first-order chi connectivity index (χ1) is 11.0. The number of ketones is 1. The average molecular weight is 312 g/mol. The van der Waals surface area contributed by atoms with Crippen LogP contribution in [0.2, 0.25) is 0 Å². The summed E-state index contributed by atoms with van der Waals surface area (Å²) in [6.07, 6.45) is 3.09. The van der Waals surface area contributed by atoms with Gasteiger partial charge in [-0.25, -0.2) is 4.98 Å². The van der Waals surface area contributed by atoms with Crippen molar-refractivity contribution in [2.75, 3.05) is 0 Å². The van der Waals surface area contributed by atoms with Gasteiger partial charge in [-0.3, -0.25) is 14.7 Å². The van der Waals surface area contributed by atoms with Crippen molar-refractivity contribution in [2.24, 2.45) is 0 Å². The predicted molar refractivity (Wildman–Crippen MR) is 83.2 cm³/mol. The first kappa shape index (κ1) is 15.0. The van der Waals surface area contributed by atoms with E-state index >= 15 is 0 Å². The molecule has 7 heteroatoms. The first-order valence-electron chi connectivity index (χ1n) is 7.23. The molecule has 1 amide bonds. The number of Topliss-reactive ketones (excluding diaryl/α,β-unsaturated/α-hetero) is 1. The standard InChI is InChI=1S/C16H16N4O3/c1-9(6-13(21)14-4-3-5-23-14)18-16(22)11-7-12-10(2)19-20-15(12)17-8-11/h3-5,7-9H,6H2,1-2H3,(H,18,22)(H,17,19,20)/t9-/m1/s1. The lowest BCUT2D eigenvalue weighted by Crippen LogP contribution is -2.34. The van der Waals surface area contributed by atoms with E-state index in [1.54, 1.807) is 25.1 Å². The Hall–Kier alpha value is -2.96. The number of aromatic amines is 1. The maximum Gasteiger partial charge on any atom is 0.253 e. The van der Waals surface area contributed by atoms with Gasteiger partial charge in [0.2, 0.25) is 0 Å². The number of furan rings is 1. The SMILES string of the molecule is Cc1[nH]nc2ncc(C(=O)N[C@H](C)CC(=O)c3ccco3)cc12. The van der Waals surface area contributed by atoms with Gasteiger partial charge in [0.15, 0.2) is 17.2 Å². The van der Waals surface area contributed by atoms with E-state index in [0.717, 1.165) is 11.1 Å². The number of fused-ring (bicyclic) bond motifs is 1. The van der Waals surface area contributed by atoms with E-state index in [1.807, 2.05) is 6.92 Å². The van der Waals surface area contributed by atoms with E-state index in [4.69, 9.17) is 4.42 Å². The fraction of sp³-hybridized carbons (Fsp3) is 0.250. The molecule has 118 valence electrons. The van der Waals surface area contributed by atoms with Crippen LogP contribution in [-0.4, -0.2) is 32.9 Å². The molecule has 0 unspecified atom stereocenters. The summed E-state index contributed by atoms with van der Waals surface area (Å²) >= 11 is 0. The molecule has 1 atom stereocenters. The van der Waals surface area contributed by atoms with Crippen molar-refractivity contribution in [3.8, 4) is 0 Å². The van der Waals surface area contributed by atoms with Gasteiger partial charge in [-0.05, 0) is 32.0 Å². The van der Waals surface area contributed by atoms with Crippen LogP contribution in [0.1, 0.15) is 40.0 Å². The minimum absolute atomic E-state index is 0.151. The Balaban J connectivity index is 1.67. The first-order valence-corrected chi connectivity index (χ1v) is 7.23. The Bertz CT molecular complexity index is 851. The fourth-order valence-corrected chi connectivity index (χ4v) is 2.32. The molecule has 3 aromatic rings. The number of hydrogen-bond donors (Lipinski definition) is 2. The zero-order valence-corrected chi connectivity index (χ0v) is 12.8. The van der Waals surface area contributed by atoms with Gasteiger partial charge < -0.3 is 9.73 Å². The number of carbonyl (C=O) groups excluding carboxylic acids is 2. The molecular formula is C16H16N4O3. The van der Waals surface area contributed by atoms with Crippen molar-refractivity contribution in [3.63, 3.8) is 0 Å². The minimum atomic E-state index is -0.318.